The van der Waals surface area contributed by atoms with E-state index < -0.39 is 0 Å². The molecule has 2 aromatic heterocycles. The molecule has 0 aliphatic carbocycles. The van der Waals surface area contributed by atoms with Gasteiger partial charge in [0.25, 0.3) is 0 Å². The molecule has 2 N–H and O–H groups in total. The summed E-state index contributed by atoms with van der Waals surface area (Å²) in [5.74, 6) is 0.398. The minimum Gasteiger partial charge on any atom is -0.309 e. The van der Waals surface area contributed by atoms with E-state index >= 15 is 0 Å². The Morgan fingerprint density at radius 1 is 1.24 bits per heavy atom. The summed E-state index contributed by atoms with van der Waals surface area (Å²) in [4.78, 5) is 12.3. The summed E-state index contributed by atoms with van der Waals surface area (Å²) in [6.07, 6.45) is 0.239. The minimum atomic E-state index is -0.126. The van der Waals surface area contributed by atoms with Gasteiger partial charge in [-0.3, -0.25) is 9.89 Å². The van der Waals surface area contributed by atoms with Gasteiger partial charge < -0.3 is 5.32 Å². The maximum atomic E-state index is 12.3. The normalized spacial score (nSPS) is 10.9. The van der Waals surface area contributed by atoms with Gasteiger partial charge in [0.1, 0.15) is 0 Å². The van der Waals surface area contributed by atoms with Crippen molar-refractivity contribution in [2.24, 2.45) is 0 Å². The molecule has 0 aliphatic rings. The molecule has 1 aromatic carbocycles. The highest BCUT2D eigenvalue weighted by Gasteiger charge is 2.17. The Kier molecular flexibility index (Phi) is 4.63. The lowest BCUT2D eigenvalue weighted by Crippen LogP contribution is -2.15. The highest BCUT2D eigenvalue weighted by molar-refractivity contribution is 6.31. The van der Waals surface area contributed by atoms with Gasteiger partial charge in [-0.2, -0.15) is 10.2 Å². The summed E-state index contributed by atoms with van der Waals surface area (Å²) in [7, 11) is 0. The van der Waals surface area contributed by atoms with Gasteiger partial charge in [-0.05, 0) is 45.4 Å². The van der Waals surface area contributed by atoms with Crippen molar-refractivity contribution in [2.75, 3.05) is 5.32 Å². The molecule has 0 fully saturated rings. The zero-order chi connectivity index (χ0) is 18.1. The standard InChI is InChI=1S/C18H20ClN5O/c1-10-5-6-14(8-16(10)19)24-13(4)15(12(3)23-24)9-18(25)20-17-7-11(2)21-22-17/h5-8H,9H2,1-4H3,(H2,20,21,22,25). The summed E-state index contributed by atoms with van der Waals surface area (Å²) in [5, 5.41) is 14.9. The number of H-pyrrole nitrogens is 1. The topological polar surface area (TPSA) is 75.6 Å². The van der Waals surface area contributed by atoms with Crippen molar-refractivity contribution < 1.29 is 4.79 Å². The van der Waals surface area contributed by atoms with Crippen LogP contribution in [0.15, 0.2) is 24.3 Å². The largest absolute Gasteiger partial charge is 0.309 e. The van der Waals surface area contributed by atoms with Gasteiger partial charge in [0.15, 0.2) is 5.82 Å². The average Bonchev–Trinajstić information content (AvgIpc) is 3.08. The van der Waals surface area contributed by atoms with E-state index in [9.17, 15) is 4.79 Å². The Labute approximate surface area is 151 Å². The second-order valence-corrected chi connectivity index (χ2v) is 6.56. The molecule has 0 saturated heterocycles. The second kappa shape index (κ2) is 6.72. The third-order valence-electron chi connectivity index (χ3n) is 4.15. The molecule has 130 valence electrons. The van der Waals surface area contributed by atoms with Crippen LogP contribution in [-0.2, 0) is 11.2 Å². The fourth-order valence-electron chi connectivity index (χ4n) is 2.73. The van der Waals surface area contributed by atoms with Crippen LogP contribution >= 0.6 is 11.6 Å². The maximum absolute atomic E-state index is 12.3. The molecule has 0 aliphatic heterocycles. The number of nitrogens with zero attached hydrogens (tertiary/aromatic N) is 3. The van der Waals surface area contributed by atoms with Gasteiger partial charge in [-0.1, -0.05) is 17.7 Å². The highest BCUT2D eigenvalue weighted by atomic mass is 35.5. The van der Waals surface area contributed by atoms with E-state index in [1.165, 1.54) is 0 Å². The number of halogens is 1. The first-order valence-electron chi connectivity index (χ1n) is 7.98. The van der Waals surface area contributed by atoms with Crippen molar-refractivity contribution in [3.05, 3.63) is 57.5 Å². The van der Waals surface area contributed by atoms with Crippen molar-refractivity contribution in [1.82, 2.24) is 20.0 Å². The van der Waals surface area contributed by atoms with Gasteiger partial charge in [0, 0.05) is 28.0 Å². The summed E-state index contributed by atoms with van der Waals surface area (Å²) < 4.78 is 1.82. The lowest BCUT2D eigenvalue weighted by atomic mass is 10.1. The molecule has 0 spiro atoms. The van der Waals surface area contributed by atoms with Gasteiger partial charge in [-0.25, -0.2) is 4.68 Å². The Morgan fingerprint density at radius 2 is 2.00 bits per heavy atom. The quantitative estimate of drug-likeness (QED) is 0.748. The Hall–Kier alpha value is -2.60. The van der Waals surface area contributed by atoms with Gasteiger partial charge in [0.2, 0.25) is 5.91 Å². The SMILES string of the molecule is Cc1cc(NC(=O)Cc2c(C)nn(-c3ccc(C)c(Cl)c3)c2C)n[nH]1. The number of benzene rings is 1. The number of aryl methyl sites for hydroxylation is 3. The number of rotatable bonds is 4. The van der Waals surface area contributed by atoms with Gasteiger partial charge in [-0.15, -0.1) is 0 Å². The van der Waals surface area contributed by atoms with Crippen molar-refractivity contribution in [2.45, 2.75) is 34.1 Å². The first-order valence-corrected chi connectivity index (χ1v) is 8.36. The van der Waals surface area contributed by atoms with Crippen LogP contribution < -0.4 is 5.32 Å². The van der Waals surface area contributed by atoms with Gasteiger partial charge in [0.05, 0.1) is 17.8 Å². The summed E-state index contributed by atoms with van der Waals surface area (Å²) in [6, 6.07) is 7.60. The van der Waals surface area contributed by atoms with Crippen LogP contribution in [0, 0.1) is 27.7 Å². The van der Waals surface area contributed by atoms with Crippen LogP contribution in [0.1, 0.15) is 28.2 Å². The molecule has 1 amide bonds. The third kappa shape index (κ3) is 3.58. The summed E-state index contributed by atoms with van der Waals surface area (Å²) in [5.41, 5.74) is 5.44. The van der Waals surface area contributed by atoms with Crippen molar-refractivity contribution >= 4 is 23.3 Å². The van der Waals surface area contributed by atoms with E-state index in [1.54, 1.807) is 6.07 Å². The predicted molar refractivity (Wildman–Crippen MR) is 98.4 cm³/mol. The van der Waals surface area contributed by atoms with Crippen LogP contribution in [0.4, 0.5) is 5.82 Å². The molecular weight excluding hydrogens is 338 g/mol. The van der Waals surface area contributed by atoms with Gasteiger partial charge >= 0.3 is 0 Å². The molecule has 3 aromatic rings. The fourth-order valence-corrected chi connectivity index (χ4v) is 2.90. The zero-order valence-corrected chi connectivity index (χ0v) is 15.4. The van der Waals surface area contributed by atoms with E-state index in [2.05, 4.69) is 20.6 Å². The predicted octanol–water partition coefficient (Wildman–Crippen LogP) is 3.66. The number of aromatic amines is 1. The highest BCUT2D eigenvalue weighted by Crippen LogP contribution is 2.23. The number of anilines is 1. The maximum Gasteiger partial charge on any atom is 0.230 e. The minimum absolute atomic E-state index is 0.126. The molecule has 3 rings (SSSR count). The van der Waals surface area contributed by atoms with Crippen LogP contribution in [-0.4, -0.2) is 25.9 Å². The van der Waals surface area contributed by atoms with Crippen LogP contribution in [0.2, 0.25) is 5.02 Å². The molecule has 2 heterocycles. The molecule has 25 heavy (non-hydrogen) atoms. The first kappa shape index (κ1) is 17.2. The summed E-state index contributed by atoms with van der Waals surface area (Å²) >= 11 is 6.22. The number of hydrogen-bond acceptors (Lipinski definition) is 3. The van der Waals surface area contributed by atoms with Crippen LogP contribution in [0.3, 0.4) is 0 Å². The first-order chi connectivity index (χ1) is 11.8. The fraction of sp³-hybridized carbons (Fsp3) is 0.278. The number of amides is 1. The summed E-state index contributed by atoms with van der Waals surface area (Å²) in [6.45, 7) is 7.70. The monoisotopic (exact) mass is 357 g/mol. The molecule has 0 unspecified atom stereocenters. The molecule has 0 radical (unpaired) electrons. The van der Waals surface area contributed by atoms with E-state index in [0.717, 1.165) is 33.9 Å². The number of hydrogen-bond donors (Lipinski definition) is 2. The van der Waals surface area contributed by atoms with Crippen LogP contribution in [0.25, 0.3) is 5.69 Å². The zero-order valence-electron chi connectivity index (χ0n) is 14.6. The molecule has 0 atom stereocenters. The number of aromatic nitrogens is 4. The number of carbonyl (C=O) groups is 1. The molecule has 6 nitrogen and oxygen atoms in total. The smallest absolute Gasteiger partial charge is 0.230 e. The average molecular weight is 358 g/mol. The molecule has 7 heteroatoms. The Bertz CT molecular complexity index is 941. The molecule has 0 bridgehead atoms. The number of carbonyl (C=O) groups excluding carboxylic acids is 1. The Balaban J connectivity index is 1.84. The molecular formula is C18H20ClN5O. The number of nitrogens with one attached hydrogen (secondary N) is 2. The van der Waals surface area contributed by atoms with E-state index in [4.69, 9.17) is 11.6 Å². The second-order valence-electron chi connectivity index (χ2n) is 6.16. The van der Waals surface area contributed by atoms with Crippen LogP contribution in [0.5, 0.6) is 0 Å². The van der Waals surface area contributed by atoms with E-state index in [1.807, 2.05) is 50.6 Å². The molecule has 0 saturated carbocycles. The lowest BCUT2D eigenvalue weighted by molar-refractivity contribution is -0.115. The van der Waals surface area contributed by atoms with E-state index in [-0.39, 0.29) is 12.3 Å². The van der Waals surface area contributed by atoms with Crippen molar-refractivity contribution in [3.63, 3.8) is 0 Å². The third-order valence-corrected chi connectivity index (χ3v) is 4.56. The Morgan fingerprint density at radius 3 is 2.64 bits per heavy atom. The lowest BCUT2D eigenvalue weighted by Gasteiger charge is -2.07. The van der Waals surface area contributed by atoms with E-state index in [0.29, 0.717) is 10.8 Å². The van der Waals surface area contributed by atoms with Crippen molar-refractivity contribution in [3.8, 4) is 5.69 Å². The van der Waals surface area contributed by atoms with Crippen molar-refractivity contribution in [1.29, 1.82) is 0 Å².